The zero-order chi connectivity index (χ0) is 14.2. The first-order chi connectivity index (χ1) is 8.87. The fourth-order valence-corrected chi connectivity index (χ4v) is 4.18. The summed E-state index contributed by atoms with van der Waals surface area (Å²) in [5.74, 6) is -0.407. The summed E-state index contributed by atoms with van der Waals surface area (Å²) in [5, 5.41) is 9.24. The normalized spacial score (nSPS) is 35.1. The largest absolute Gasteiger partial charge is 0.480 e. The topological polar surface area (TPSA) is 66.8 Å². The van der Waals surface area contributed by atoms with Crippen LogP contribution in [0.1, 0.15) is 33.6 Å². The number of rotatable bonds is 3. The molecule has 0 aliphatic carbocycles. The molecule has 3 atom stereocenters. The number of nitrogens with zero attached hydrogens (tertiary/aromatic N) is 1. The second-order valence-corrected chi connectivity index (χ2v) is 6.87. The van der Waals surface area contributed by atoms with E-state index in [0.717, 1.165) is 6.42 Å². The van der Waals surface area contributed by atoms with Gasteiger partial charge >= 0.3 is 5.97 Å². The Morgan fingerprint density at radius 3 is 2.63 bits per heavy atom. The zero-order valence-corrected chi connectivity index (χ0v) is 12.4. The van der Waals surface area contributed by atoms with Gasteiger partial charge in [0, 0.05) is 12.4 Å². The first-order valence-corrected chi connectivity index (χ1v) is 7.73. The summed E-state index contributed by atoms with van der Waals surface area (Å²) in [7, 11) is 0. The summed E-state index contributed by atoms with van der Waals surface area (Å²) < 4.78 is 5.58. The molecule has 1 N–H and O–H groups in total. The van der Waals surface area contributed by atoms with Gasteiger partial charge in [0.2, 0.25) is 0 Å². The molecule has 2 fully saturated rings. The Labute approximate surface area is 117 Å². The molecule has 5 nitrogen and oxygen atoms in total. The molecule has 2 aliphatic rings. The minimum atomic E-state index is -0.925. The average Bonchev–Trinajstić information content (AvgIpc) is 2.94. The van der Waals surface area contributed by atoms with Crippen LogP contribution in [0.5, 0.6) is 0 Å². The van der Waals surface area contributed by atoms with Gasteiger partial charge < -0.3 is 14.7 Å². The van der Waals surface area contributed by atoms with Gasteiger partial charge in [-0.05, 0) is 25.7 Å². The van der Waals surface area contributed by atoms with Crippen LogP contribution >= 0.6 is 11.8 Å². The van der Waals surface area contributed by atoms with Crippen molar-refractivity contribution in [1.29, 1.82) is 0 Å². The Morgan fingerprint density at radius 1 is 1.47 bits per heavy atom. The minimum absolute atomic E-state index is 0.0744. The number of aliphatic carboxylic acids is 1. The van der Waals surface area contributed by atoms with Crippen LogP contribution in [-0.4, -0.2) is 51.3 Å². The van der Waals surface area contributed by atoms with Gasteiger partial charge in [-0.3, -0.25) is 4.79 Å². The van der Waals surface area contributed by atoms with Gasteiger partial charge in [0.15, 0.2) is 0 Å². The molecule has 0 aromatic carbocycles. The molecule has 0 bridgehead atoms. The number of ether oxygens (including phenoxy) is 1. The van der Waals surface area contributed by atoms with Gasteiger partial charge in [0.25, 0.3) is 5.91 Å². The molecule has 0 radical (unpaired) electrons. The van der Waals surface area contributed by atoms with E-state index in [4.69, 9.17) is 4.74 Å². The first-order valence-electron chi connectivity index (χ1n) is 6.68. The van der Waals surface area contributed by atoms with Gasteiger partial charge in [-0.25, -0.2) is 4.79 Å². The second-order valence-electron chi connectivity index (χ2n) is 5.72. The maximum Gasteiger partial charge on any atom is 0.327 e. The van der Waals surface area contributed by atoms with Crippen molar-refractivity contribution < 1.29 is 19.4 Å². The predicted molar refractivity (Wildman–Crippen MR) is 72.9 cm³/mol. The molecule has 3 unspecified atom stereocenters. The summed E-state index contributed by atoms with van der Waals surface area (Å²) in [6.45, 7) is 6.38. The molecular formula is C13H21NO4S. The van der Waals surface area contributed by atoms with Crippen molar-refractivity contribution in [3.05, 3.63) is 0 Å². The van der Waals surface area contributed by atoms with E-state index in [2.05, 4.69) is 0 Å². The van der Waals surface area contributed by atoms with Gasteiger partial charge in [0.1, 0.15) is 11.6 Å². The van der Waals surface area contributed by atoms with Crippen LogP contribution in [0.4, 0.5) is 0 Å². The van der Waals surface area contributed by atoms with Gasteiger partial charge in [-0.2, -0.15) is 0 Å². The van der Waals surface area contributed by atoms with E-state index in [1.807, 2.05) is 13.8 Å². The molecule has 6 heteroatoms. The smallest absolute Gasteiger partial charge is 0.327 e. The van der Waals surface area contributed by atoms with Gasteiger partial charge in [-0.15, -0.1) is 11.8 Å². The summed E-state index contributed by atoms with van der Waals surface area (Å²) in [5.41, 5.74) is -0.842. The van der Waals surface area contributed by atoms with E-state index < -0.39 is 17.6 Å². The van der Waals surface area contributed by atoms with E-state index in [9.17, 15) is 14.7 Å². The fraction of sp³-hybridized carbons (Fsp3) is 0.846. The molecule has 0 aromatic rings. The fourth-order valence-electron chi connectivity index (χ4n) is 2.71. The van der Waals surface area contributed by atoms with Crippen molar-refractivity contribution >= 4 is 23.6 Å². The van der Waals surface area contributed by atoms with Crippen molar-refractivity contribution in [2.45, 2.75) is 50.6 Å². The minimum Gasteiger partial charge on any atom is -0.480 e. The maximum absolute atomic E-state index is 12.7. The number of carbonyl (C=O) groups excluding carboxylic acids is 1. The Kier molecular flexibility index (Phi) is 4.11. The van der Waals surface area contributed by atoms with Crippen molar-refractivity contribution in [2.24, 2.45) is 5.92 Å². The zero-order valence-electron chi connectivity index (χ0n) is 11.6. The lowest BCUT2D eigenvalue weighted by Gasteiger charge is -2.35. The molecule has 0 aromatic heterocycles. The number of carbonyl (C=O) groups is 2. The summed E-state index contributed by atoms with van der Waals surface area (Å²) >= 11 is 1.55. The Morgan fingerprint density at radius 2 is 2.16 bits per heavy atom. The number of thioether (sulfide) groups is 1. The third-order valence-corrected chi connectivity index (χ3v) is 5.42. The van der Waals surface area contributed by atoms with Crippen molar-refractivity contribution in [3.63, 3.8) is 0 Å². The van der Waals surface area contributed by atoms with E-state index >= 15 is 0 Å². The van der Waals surface area contributed by atoms with Crippen LogP contribution in [0, 0.1) is 5.92 Å². The lowest BCUT2D eigenvalue weighted by atomic mass is 9.99. The molecule has 0 spiro atoms. The molecule has 2 rings (SSSR count). The lowest BCUT2D eigenvalue weighted by molar-refractivity contribution is -0.160. The second kappa shape index (κ2) is 5.32. The SMILES string of the molecule is CC(C)C1SCC(C(=O)O)N1C(=O)C1(C)CCCO1. The van der Waals surface area contributed by atoms with Crippen LogP contribution in [0.2, 0.25) is 0 Å². The lowest BCUT2D eigenvalue weighted by Crippen LogP contribution is -2.55. The Bertz CT molecular complexity index is 379. The van der Waals surface area contributed by atoms with Crippen LogP contribution in [0.25, 0.3) is 0 Å². The molecule has 2 heterocycles. The highest BCUT2D eigenvalue weighted by atomic mass is 32.2. The molecule has 1 amide bonds. The molecule has 2 aliphatic heterocycles. The standard InChI is InChI=1S/C13H21NO4S/c1-8(2)10-14(9(7-19-10)11(15)16)12(17)13(3)5-4-6-18-13/h8-10H,4-7H2,1-3H3,(H,15,16). The number of hydrogen-bond donors (Lipinski definition) is 1. The molecule has 108 valence electrons. The first kappa shape index (κ1) is 14.7. The average molecular weight is 287 g/mol. The summed E-state index contributed by atoms with van der Waals surface area (Å²) in [6, 6.07) is -0.731. The van der Waals surface area contributed by atoms with Crippen LogP contribution in [0.15, 0.2) is 0 Å². The monoisotopic (exact) mass is 287 g/mol. The molecule has 0 saturated carbocycles. The molecule has 19 heavy (non-hydrogen) atoms. The quantitative estimate of drug-likeness (QED) is 0.853. The number of carboxylic acid groups (broad SMARTS) is 1. The van der Waals surface area contributed by atoms with E-state index in [1.54, 1.807) is 23.6 Å². The summed E-state index contributed by atoms with van der Waals surface area (Å²) in [4.78, 5) is 25.6. The highest BCUT2D eigenvalue weighted by Gasteiger charge is 2.50. The van der Waals surface area contributed by atoms with Crippen LogP contribution < -0.4 is 0 Å². The van der Waals surface area contributed by atoms with Crippen LogP contribution in [0.3, 0.4) is 0 Å². The Balaban J connectivity index is 2.25. The third kappa shape index (κ3) is 2.60. The number of carboxylic acids is 1. The van der Waals surface area contributed by atoms with Gasteiger partial charge in [-0.1, -0.05) is 13.8 Å². The highest BCUT2D eigenvalue weighted by molar-refractivity contribution is 8.00. The number of hydrogen-bond acceptors (Lipinski definition) is 4. The van der Waals surface area contributed by atoms with Gasteiger partial charge in [0.05, 0.1) is 5.37 Å². The highest BCUT2D eigenvalue weighted by Crippen LogP contribution is 2.38. The predicted octanol–water partition coefficient (Wildman–Crippen LogP) is 1.57. The van der Waals surface area contributed by atoms with E-state index in [1.165, 1.54) is 0 Å². The van der Waals surface area contributed by atoms with E-state index in [0.29, 0.717) is 18.8 Å². The summed E-state index contributed by atoms with van der Waals surface area (Å²) in [6.07, 6.45) is 1.53. The Hall–Kier alpha value is -0.750. The molecular weight excluding hydrogens is 266 g/mol. The van der Waals surface area contributed by atoms with Crippen molar-refractivity contribution in [1.82, 2.24) is 4.90 Å². The number of amides is 1. The van der Waals surface area contributed by atoms with Crippen molar-refractivity contribution in [3.8, 4) is 0 Å². The van der Waals surface area contributed by atoms with E-state index in [-0.39, 0.29) is 17.2 Å². The van der Waals surface area contributed by atoms with Crippen LogP contribution in [-0.2, 0) is 14.3 Å². The molecule has 2 saturated heterocycles. The van der Waals surface area contributed by atoms with Crippen molar-refractivity contribution in [2.75, 3.05) is 12.4 Å². The maximum atomic E-state index is 12.7. The third-order valence-electron chi connectivity index (χ3n) is 3.80.